The second kappa shape index (κ2) is 6.42. The number of carboxylic acid groups (broad SMARTS) is 1. The standard InChI is InChI=1S/C8H13BrN2O3/c1-6(9)5-10-8(14)11(2)4-3-7(12)13/h1,3-5H2,2H3,(H,10,14)(H,12,13). The molecule has 0 spiro atoms. The summed E-state index contributed by atoms with van der Waals surface area (Å²) in [5.41, 5.74) is 0. The van der Waals surface area contributed by atoms with Crippen LogP contribution in [0.1, 0.15) is 6.42 Å². The Morgan fingerprint density at radius 2 is 2.14 bits per heavy atom. The van der Waals surface area contributed by atoms with E-state index in [2.05, 4.69) is 27.8 Å². The first-order valence-corrected chi connectivity index (χ1v) is 4.77. The summed E-state index contributed by atoms with van der Waals surface area (Å²) in [7, 11) is 1.54. The molecule has 2 N–H and O–H groups in total. The van der Waals surface area contributed by atoms with Crippen LogP contribution in [-0.4, -0.2) is 42.1 Å². The van der Waals surface area contributed by atoms with E-state index in [1.54, 1.807) is 0 Å². The Bertz CT molecular complexity index is 243. The van der Waals surface area contributed by atoms with E-state index in [1.165, 1.54) is 11.9 Å². The maximum atomic E-state index is 11.2. The molecule has 0 heterocycles. The van der Waals surface area contributed by atoms with Crippen molar-refractivity contribution in [2.24, 2.45) is 0 Å². The number of rotatable bonds is 5. The van der Waals surface area contributed by atoms with Gasteiger partial charge in [0.05, 0.1) is 13.0 Å². The largest absolute Gasteiger partial charge is 0.481 e. The summed E-state index contributed by atoms with van der Waals surface area (Å²) < 4.78 is 0.664. The van der Waals surface area contributed by atoms with Gasteiger partial charge in [-0.05, 0) is 0 Å². The normalized spacial score (nSPS) is 9.29. The lowest BCUT2D eigenvalue weighted by Crippen LogP contribution is -2.38. The number of hydrogen-bond donors (Lipinski definition) is 2. The molecule has 80 valence electrons. The molecule has 0 aliphatic rings. The number of nitrogens with one attached hydrogen (secondary N) is 1. The molecule has 2 amide bonds. The quantitative estimate of drug-likeness (QED) is 0.779. The number of carbonyl (C=O) groups is 2. The Morgan fingerprint density at radius 3 is 2.57 bits per heavy atom. The third-order valence-corrected chi connectivity index (χ3v) is 1.72. The van der Waals surface area contributed by atoms with Crippen LogP contribution in [0, 0.1) is 0 Å². The molecule has 0 radical (unpaired) electrons. The van der Waals surface area contributed by atoms with Gasteiger partial charge in [0.1, 0.15) is 0 Å². The molecule has 14 heavy (non-hydrogen) atoms. The van der Waals surface area contributed by atoms with Crippen molar-refractivity contribution in [3.8, 4) is 0 Å². The summed E-state index contributed by atoms with van der Waals surface area (Å²) in [6, 6.07) is -0.313. The number of nitrogens with zero attached hydrogens (tertiary/aromatic N) is 1. The Kier molecular flexibility index (Phi) is 5.94. The highest BCUT2D eigenvalue weighted by atomic mass is 79.9. The molecule has 5 nitrogen and oxygen atoms in total. The van der Waals surface area contributed by atoms with Gasteiger partial charge in [-0.25, -0.2) is 4.79 Å². The fourth-order valence-electron chi connectivity index (χ4n) is 0.671. The van der Waals surface area contributed by atoms with Crippen LogP contribution in [0.4, 0.5) is 4.79 Å². The van der Waals surface area contributed by atoms with Crippen molar-refractivity contribution in [3.63, 3.8) is 0 Å². The van der Waals surface area contributed by atoms with Crippen LogP contribution < -0.4 is 5.32 Å². The Balaban J connectivity index is 3.76. The summed E-state index contributed by atoms with van der Waals surface area (Å²) in [6.07, 6.45) is -0.0564. The third kappa shape index (κ3) is 6.47. The van der Waals surface area contributed by atoms with Gasteiger partial charge < -0.3 is 15.3 Å². The Labute approximate surface area is 90.9 Å². The van der Waals surface area contributed by atoms with Gasteiger partial charge in [-0.1, -0.05) is 22.5 Å². The fraction of sp³-hybridized carbons (Fsp3) is 0.500. The average Bonchev–Trinajstić information content (AvgIpc) is 2.09. The minimum absolute atomic E-state index is 0.0564. The monoisotopic (exact) mass is 264 g/mol. The molecule has 0 aromatic rings. The van der Waals surface area contributed by atoms with Gasteiger partial charge in [0, 0.05) is 18.1 Å². The summed E-state index contributed by atoms with van der Waals surface area (Å²) in [6.45, 7) is 4.07. The molecule has 0 rings (SSSR count). The van der Waals surface area contributed by atoms with Crippen molar-refractivity contribution in [1.82, 2.24) is 10.2 Å². The van der Waals surface area contributed by atoms with Crippen LogP contribution in [0.15, 0.2) is 11.1 Å². The summed E-state index contributed by atoms with van der Waals surface area (Å²) in [5.74, 6) is -0.922. The topological polar surface area (TPSA) is 69.6 Å². The number of carboxylic acids is 1. The van der Waals surface area contributed by atoms with Crippen LogP contribution in [0.25, 0.3) is 0 Å². The molecule has 0 aromatic heterocycles. The van der Waals surface area contributed by atoms with E-state index in [-0.39, 0.29) is 19.0 Å². The van der Waals surface area contributed by atoms with E-state index in [1.807, 2.05) is 0 Å². The van der Waals surface area contributed by atoms with E-state index in [0.717, 1.165) is 0 Å². The van der Waals surface area contributed by atoms with Crippen molar-refractivity contribution >= 4 is 27.9 Å². The van der Waals surface area contributed by atoms with E-state index in [4.69, 9.17) is 5.11 Å². The predicted octanol–water partition coefficient (Wildman–Crippen LogP) is 1.01. The molecule has 0 aromatic carbocycles. The number of carbonyl (C=O) groups excluding carboxylic acids is 1. The van der Waals surface area contributed by atoms with Crippen molar-refractivity contribution in [1.29, 1.82) is 0 Å². The lowest BCUT2D eigenvalue weighted by Gasteiger charge is -2.16. The fourth-order valence-corrected chi connectivity index (χ4v) is 0.812. The molecule has 0 unspecified atom stereocenters. The van der Waals surface area contributed by atoms with E-state index in [0.29, 0.717) is 11.0 Å². The van der Waals surface area contributed by atoms with Crippen LogP contribution in [0.3, 0.4) is 0 Å². The summed E-state index contributed by atoms with van der Waals surface area (Å²) in [5, 5.41) is 10.9. The maximum Gasteiger partial charge on any atom is 0.317 e. The number of urea groups is 1. The molecule has 0 fully saturated rings. The zero-order valence-corrected chi connectivity index (χ0v) is 9.50. The molecular weight excluding hydrogens is 252 g/mol. The molecule has 0 saturated heterocycles. The Hall–Kier alpha value is -1.04. The van der Waals surface area contributed by atoms with Gasteiger partial charge in [-0.2, -0.15) is 0 Å². The first-order chi connectivity index (χ1) is 6.43. The van der Waals surface area contributed by atoms with Crippen molar-refractivity contribution < 1.29 is 14.7 Å². The van der Waals surface area contributed by atoms with Crippen LogP contribution in [0.5, 0.6) is 0 Å². The minimum Gasteiger partial charge on any atom is -0.481 e. The van der Waals surface area contributed by atoms with Crippen LogP contribution >= 0.6 is 15.9 Å². The van der Waals surface area contributed by atoms with Crippen molar-refractivity contribution in [2.45, 2.75) is 6.42 Å². The summed E-state index contributed by atoms with van der Waals surface area (Å²) in [4.78, 5) is 22.7. The lowest BCUT2D eigenvalue weighted by molar-refractivity contribution is -0.137. The van der Waals surface area contributed by atoms with Crippen LogP contribution in [0.2, 0.25) is 0 Å². The molecule has 6 heteroatoms. The predicted molar refractivity (Wildman–Crippen MR) is 56.3 cm³/mol. The first kappa shape index (κ1) is 13.0. The second-order valence-corrected chi connectivity index (χ2v) is 3.86. The van der Waals surface area contributed by atoms with Gasteiger partial charge in [0.2, 0.25) is 0 Å². The molecule has 0 atom stereocenters. The molecular formula is C8H13BrN2O3. The number of amides is 2. The first-order valence-electron chi connectivity index (χ1n) is 3.97. The van der Waals surface area contributed by atoms with E-state index in [9.17, 15) is 9.59 Å². The van der Waals surface area contributed by atoms with Crippen molar-refractivity contribution in [3.05, 3.63) is 11.1 Å². The third-order valence-electron chi connectivity index (χ3n) is 1.44. The van der Waals surface area contributed by atoms with E-state index >= 15 is 0 Å². The zero-order chi connectivity index (χ0) is 11.1. The zero-order valence-electron chi connectivity index (χ0n) is 7.92. The lowest BCUT2D eigenvalue weighted by atomic mass is 10.4. The van der Waals surface area contributed by atoms with Gasteiger partial charge in [-0.15, -0.1) is 0 Å². The SMILES string of the molecule is C=C(Br)CNC(=O)N(C)CCC(=O)O. The van der Waals surface area contributed by atoms with Gasteiger partial charge >= 0.3 is 12.0 Å². The number of halogens is 1. The smallest absolute Gasteiger partial charge is 0.317 e. The van der Waals surface area contributed by atoms with Crippen LogP contribution in [-0.2, 0) is 4.79 Å². The van der Waals surface area contributed by atoms with Crippen molar-refractivity contribution in [2.75, 3.05) is 20.1 Å². The highest BCUT2D eigenvalue weighted by Crippen LogP contribution is 1.97. The van der Waals surface area contributed by atoms with E-state index < -0.39 is 5.97 Å². The van der Waals surface area contributed by atoms with Gasteiger partial charge in [0.25, 0.3) is 0 Å². The van der Waals surface area contributed by atoms with Gasteiger partial charge in [-0.3, -0.25) is 4.79 Å². The highest BCUT2D eigenvalue weighted by molar-refractivity contribution is 9.11. The molecule has 0 saturated carbocycles. The molecule has 0 aliphatic heterocycles. The average molecular weight is 265 g/mol. The molecule has 0 bridgehead atoms. The van der Waals surface area contributed by atoms with Gasteiger partial charge in [0.15, 0.2) is 0 Å². The highest BCUT2D eigenvalue weighted by Gasteiger charge is 2.08. The molecule has 0 aliphatic carbocycles. The minimum atomic E-state index is -0.922. The second-order valence-electron chi connectivity index (χ2n) is 2.74. The number of hydrogen-bond acceptors (Lipinski definition) is 2. The summed E-state index contributed by atoms with van der Waals surface area (Å²) >= 11 is 3.09. The Morgan fingerprint density at radius 1 is 1.57 bits per heavy atom. The number of aliphatic carboxylic acids is 1. The maximum absolute atomic E-state index is 11.2.